The first kappa shape index (κ1) is 13.4. The van der Waals surface area contributed by atoms with Crippen LogP contribution in [0, 0.1) is 0 Å². The third-order valence-corrected chi connectivity index (χ3v) is 3.36. The minimum absolute atomic E-state index is 0.00894. The Balaban J connectivity index is 2.04. The molecule has 1 aliphatic heterocycles. The Morgan fingerprint density at radius 1 is 1.19 bits per heavy atom. The van der Waals surface area contributed by atoms with Gasteiger partial charge in [-0.25, -0.2) is 4.79 Å². The lowest BCUT2D eigenvalue weighted by Crippen LogP contribution is -2.36. The largest absolute Gasteiger partial charge is 0.450 e. The van der Waals surface area contributed by atoms with Gasteiger partial charge >= 0.3 is 6.09 Å². The maximum Gasteiger partial charge on any atom is 0.411 e. The molecule has 0 atom stereocenters. The van der Waals surface area contributed by atoms with Crippen LogP contribution in [0.4, 0.5) is 4.79 Å². The number of nitrogens with one attached hydrogen (secondary N) is 1. The maximum atomic E-state index is 12.5. The number of ether oxygens (including phenoxy) is 1. The van der Waals surface area contributed by atoms with Gasteiger partial charge in [0.15, 0.2) is 0 Å². The molecule has 0 radical (unpaired) electrons. The Morgan fingerprint density at radius 3 is 2.38 bits per heavy atom. The van der Waals surface area contributed by atoms with Crippen LogP contribution in [0.5, 0.6) is 0 Å². The Kier molecular flexibility index (Phi) is 3.21. The minimum Gasteiger partial charge on any atom is -0.450 e. The third kappa shape index (κ3) is 2.29. The fourth-order valence-electron chi connectivity index (χ4n) is 2.32. The maximum absolute atomic E-state index is 12.5. The molecule has 0 unspecified atom stereocenters. The van der Waals surface area contributed by atoms with Crippen molar-refractivity contribution in [2.75, 3.05) is 19.7 Å². The zero-order valence-electron chi connectivity index (χ0n) is 11.5. The molecular weight excluding hydrogens is 272 g/mol. The van der Waals surface area contributed by atoms with Crippen LogP contribution in [-0.2, 0) is 4.74 Å². The number of carbonyl (C=O) groups is 3. The summed E-state index contributed by atoms with van der Waals surface area (Å²) in [5.74, 6) is -0.602. The SMILES string of the molecule is CCOC(=O)NC1=C(N2CC2)C(=O)c2ccccc2C1=O. The predicted molar refractivity (Wildman–Crippen MR) is 73.9 cm³/mol. The van der Waals surface area contributed by atoms with Gasteiger partial charge in [0.2, 0.25) is 11.6 Å². The normalized spacial score (nSPS) is 16.7. The van der Waals surface area contributed by atoms with E-state index >= 15 is 0 Å². The van der Waals surface area contributed by atoms with Crippen molar-refractivity contribution in [3.63, 3.8) is 0 Å². The number of amides is 1. The number of carbonyl (C=O) groups excluding carboxylic acids is 3. The van der Waals surface area contributed by atoms with Crippen molar-refractivity contribution in [3.8, 4) is 0 Å². The number of benzene rings is 1. The van der Waals surface area contributed by atoms with Gasteiger partial charge < -0.3 is 9.64 Å². The van der Waals surface area contributed by atoms with Gasteiger partial charge in [0.05, 0.1) is 6.61 Å². The number of nitrogens with zero attached hydrogens (tertiary/aromatic N) is 1. The zero-order valence-corrected chi connectivity index (χ0v) is 11.5. The van der Waals surface area contributed by atoms with E-state index in [0.29, 0.717) is 24.2 Å². The van der Waals surface area contributed by atoms with Gasteiger partial charge in [-0.15, -0.1) is 0 Å². The van der Waals surface area contributed by atoms with Crippen molar-refractivity contribution in [1.82, 2.24) is 10.2 Å². The second-order valence-electron chi connectivity index (χ2n) is 4.76. The van der Waals surface area contributed by atoms with E-state index in [1.165, 1.54) is 0 Å². The van der Waals surface area contributed by atoms with E-state index in [9.17, 15) is 14.4 Å². The smallest absolute Gasteiger partial charge is 0.411 e. The molecular formula is C15H14N2O4. The highest BCUT2D eigenvalue weighted by molar-refractivity contribution is 6.27. The molecule has 1 fully saturated rings. The van der Waals surface area contributed by atoms with Gasteiger partial charge in [0, 0.05) is 24.2 Å². The topological polar surface area (TPSA) is 75.5 Å². The first-order valence-electron chi connectivity index (χ1n) is 6.75. The van der Waals surface area contributed by atoms with Crippen molar-refractivity contribution in [2.45, 2.75) is 6.92 Å². The molecule has 0 bridgehead atoms. The van der Waals surface area contributed by atoms with E-state index in [4.69, 9.17) is 4.74 Å². The Bertz CT molecular complexity index is 674. The Hall–Kier alpha value is -2.63. The van der Waals surface area contributed by atoms with Crippen LogP contribution in [0.1, 0.15) is 27.6 Å². The summed E-state index contributed by atoms with van der Waals surface area (Å²) >= 11 is 0. The molecule has 1 amide bonds. The fourth-order valence-corrected chi connectivity index (χ4v) is 2.32. The summed E-state index contributed by atoms with van der Waals surface area (Å²) in [6.45, 7) is 3.26. The monoisotopic (exact) mass is 286 g/mol. The van der Waals surface area contributed by atoms with E-state index in [1.807, 2.05) is 0 Å². The highest BCUT2D eigenvalue weighted by Gasteiger charge is 2.39. The number of hydrogen-bond acceptors (Lipinski definition) is 5. The second kappa shape index (κ2) is 5.05. The molecule has 108 valence electrons. The van der Waals surface area contributed by atoms with Gasteiger partial charge in [-0.3, -0.25) is 14.9 Å². The average Bonchev–Trinajstić information content (AvgIpc) is 3.29. The highest BCUT2D eigenvalue weighted by atomic mass is 16.5. The van der Waals surface area contributed by atoms with Crippen LogP contribution in [0.2, 0.25) is 0 Å². The Labute approximate surface area is 121 Å². The number of alkyl carbamates (subject to hydrolysis) is 1. The van der Waals surface area contributed by atoms with Crippen molar-refractivity contribution in [1.29, 1.82) is 0 Å². The van der Waals surface area contributed by atoms with E-state index in [2.05, 4.69) is 5.32 Å². The third-order valence-electron chi connectivity index (χ3n) is 3.36. The lowest BCUT2D eigenvalue weighted by Gasteiger charge is -2.21. The molecule has 1 aromatic rings. The Morgan fingerprint density at radius 2 is 1.81 bits per heavy atom. The molecule has 3 rings (SSSR count). The molecule has 2 aliphatic rings. The van der Waals surface area contributed by atoms with Crippen molar-refractivity contribution in [2.24, 2.45) is 0 Å². The van der Waals surface area contributed by atoms with Gasteiger partial charge in [-0.1, -0.05) is 24.3 Å². The zero-order chi connectivity index (χ0) is 15.0. The lowest BCUT2D eigenvalue weighted by molar-refractivity contribution is 0.0950. The van der Waals surface area contributed by atoms with Crippen molar-refractivity contribution in [3.05, 3.63) is 46.8 Å². The van der Waals surface area contributed by atoms with Crippen molar-refractivity contribution >= 4 is 17.7 Å². The molecule has 6 heteroatoms. The van der Waals surface area contributed by atoms with Gasteiger partial charge in [0.1, 0.15) is 11.4 Å². The minimum atomic E-state index is -0.729. The van der Waals surface area contributed by atoms with E-state index in [-0.39, 0.29) is 29.6 Å². The number of allylic oxidation sites excluding steroid dienone is 2. The quantitative estimate of drug-likeness (QED) is 0.849. The van der Waals surface area contributed by atoms with Crippen LogP contribution in [0.3, 0.4) is 0 Å². The predicted octanol–water partition coefficient (Wildman–Crippen LogP) is 1.34. The van der Waals surface area contributed by atoms with Crippen molar-refractivity contribution < 1.29 is 19.1 Å². The molecule has 0 aromatic heterocycles. The van der Waals surface area contributed by atoms with Crippen LogP contribution in [-0.4, -0.2) is 42.3 Å². The van der Waals surface area contributed by atoms with E-state index in [1.54, 1.807) is 36.1 Å². The fraction of sp³-hybridized carbons (Fsp3) is 0.267. The lowest BCUT2D eigenvalue weighted by atomic mass is 9.90. The molecule has 21 heavy (non-hydrogen) atoms. The number of rotatable bonds is 3. The van der Waals surface area contributed by atoms with Crippen LogP contribution in [0.15, 0.2) is 35.7 Å². The highest BCUT2D eigenvalue weighted by Crippen LogP contribution is 2.30. The van der Waals surface area contributed by atoms with Crippen LogP contribution in [0.25, 0.3) is 0 Å². The number of fused-ring (bicyclic) bond motifs is 1. The average molecular weight is 286 g/mol. The van der Waals surface area contributed by atoms with E-state index in [0.717, 1.165) is 0 Å². The summed E-state index contributed by atoms with van der Waals surface area (Å²) in [6.07, 6.45) is -0.729. The first-order valence-corrected chi connectivity index (χ1v) is 6.75. The summed E-state index contributed by atoms with van der Waals surface area (Å²) in [5, 5.41) is 2.42. The van der Waals surface area contributed by atoms with Gasteiger partial charge in [-0.2, -0.15) is 0 Å². The summed E-state index contributed by atoms with van der Waals surface area (Å²) in [4.78, 5) is 38.5. The standard InChI is InChI=1S/C15H14N2O4/c1-2-21-15(20)16-11-12(17-7-8-17)14(19)10-6-4-3-5-9(10)13(11)18/h3-6H,2,7-8H2,1H3,(H,16,20). The van der Waals surface area contributed by atoms with E-state index < -0.39 is 6.09 Å². The van der Waals surface area contributed by atoms with Gasteiger partial charge in [0.25, 0.3) is 0 Å². The summed E-state index contributed by atoms with van der Waals surface area (Å²) in [6, 6.07) is 6.61. The molecule has 1 N–H and O–H groups in total. The molecule has 1 aliphatic carbocycles. The molecule has 0 saturated carbocycles. The molecule has 1 aromatic carbocycles. The number of ketones is 2. The van der Waals surface area contributed by atoms with Crippen LogP contribution >= 0.6 is 0 Å². The first-order chi connectivity index (χ1) is 10.1. The second-order valence-corrected chi connectivity index (χ2v) is 4.76. The molecule has 1 heterocycles. The molecule has 0 spiro atoms. The summed E-state index contributed by atoms with van der Waals surface area (Å²) in [5.41, 5.74) is 0.945. The molecule has 1 saturated heterocycles. The van der Waals surface area contributed by atoms with Crippen LogP contribution < -0.4 is 5.32 Å². The van der Waals surface area contributed by atoms with Gasteiger partial charge in [-0.05, 0) is 6.92 Å². The molecule has 6 nitrogen and oxygen atoms in total. The number of hydrogen-bond donors (Lipinski definition) is 1. The summed E-state index contributed by atoms with van der Waals surface area (Å²) < 4.78 is 4.80. The number of Topliss-reactive ketones (excluding diaryl/α,β-unsaturated/α-hetero) is 2. The summed E-state index contributed by atoms with van der Waals surface area (Å²) in [7, 11) is 0.